The van der Waals surface area contributed by atoms with Gasteiger partial charge in [0.15, 0.2) is 5.58 Å². The molecule has 0 bridgehead atoms. The summed E-state index contributed by atoms with van der Waals surface area (Å²) in [4.78, 5) is 25.5. The number of anilines is 1. The van der Waals surface area contributed by atoms with Gasteiger partial charge in [0.1, 0.15) is 5.52 Å². The van der Waals surface area contributed by atoms with Gasteiger partial charge in [-0.25, -0.2) is 4.79 Å². The van der Waals surface area contributed by atoms with E-state index < -0.39 is 5.76 Å². The lowest BCUT2D eigenvalue weighted by Crippen LogP contribution is -2.11. The van der Waals surface area contributed by atoms with E-state index in [1.54, 1.807) is 18.2 Å². The molecular formula is C14H18N2O3. The van der Waals surface area contributed by atoms with Gasteiger partial charge in [0.2, 0.25) is 5.91 Å². The van der Waals surface area contributed by atoms with Crippen LogP contribution in [0.2, 0.25) is 0 Å². The Bertz CT molecular complexity index is 612. The van der Waals surface area contributed by atoms with E-state index in [4.69, 9.17) is 4.42 Å². The van der Waals surface area contributed by atoms with E-state index in [0.29, 0.717) is 23.2 Å². The summed E-state index contributed by atoms with van der Waals surface area (Å²) in [6, 6.07) is 5.17. The second kappa shape index (κ2) is 6.22. The number of oxazole rings is 1. The summed E-state index contributed by atoms with van der Waals surface area (Å²) in [7, 11) is 0. The number of carbonyl (C=O) groups is 1. The molecule has 5 heteroatoms. The molecule has 0 saturated carbocycles. The number of carbonyl (C=O) groups excluding carboxylic acids is 1. The van der Waals surface area contributed by atoms with Gasteiger partial charge in [0.25, 0.3) is 0 Å². The number of benzene rings is 1. The lowest BCUT2D eigenvalue weighted by molar-refractivity contribution is -0.116. The summed E-state index contributed by atoms with van der Waals surface area (Å²) in [6.07, 6.45) is 4.75. The van der Waals surface area contributed by atoms with E-state index >= 15 is 0 Å². The molecule has 0 aliphatic carbocycles. The maximum atomic E-state index is 11.8. The molecule has 1 amide bonds. The minimum atomic E-state index is -0.514. The number of hydrogen-bond donors (Lipinski definition) is 2. The van der Waals surface area contributed by atoms with E-state index in [0.717, 1.165) is 25.7 Å². The quantitative estimate of drug-likeness (QED) is 0.786. The SMILES string of the molecule is CCCCCCC(=O)Nc1cccc2oc(=O)[nH]c12. The van der Waals surface area contributed by atoms with E-state index in [-0.39, 0.29) is 5.91 Å². The van der Waals surface area contributed by atoms with Crippen molar-refractivity contribution in [2.45, 2.75) is 39.0 Å². The summed E-state index contributed by atoms with van der Waals surface area (Å²) < 4.78 is 4.94. The molecule has 0 spiro atoms. The molecule has 5 nitrogen and oxygen atoms in total. The first kappa shape index (κ1) is 13.4. The van der Waals surface area contributed by atoms with Crippen molar-refractivity contribution in [2.75, 3.05) is 5.32 Å². The zero-order valence-electron chi connectivity index (χ0n) is 11.0. The zero-order chi connectivity index (χ0) is 13.7. The number of nitrogens with one attached hydrogen (secondary N) is 2. The normalized spacial score (nSPS) is 10.8. The Kier molecular flexibility index (Phi) is 4.39. The third-order valence-electron chi connectivity index (χ3n) is 2.99. The Morgan fingerprint density at radius 1 is 1.32 bits per heavy atom. The molecule has 0 aliphatic rings. The van der Waals surface area contributed by atoms with Gasteiger partial charge in [0.05, 0.1) is 5.69 Å². The van der Waals surface area contributed by atoms with Crippen LogP contribution in [-0.4, -0.2) is 10.9 Å². The molecule has 1 heterocycles. The minimum Gasteiger partial charge on any atom is -0.408 e. The van der Waals surface area contributed by atoms with Crippen molar-refractivity contribution in [1.82, 2.24) is 4.98 Å². The van der Waals surface area contributed by atoms with Crippen LogP contribution in [0.25, 0.3) is 11.1 Å². The number of rotatable bonds is 6. The number of H-pyrrole nitrogens is 1. The highest BCUT2D eigenvalue weighted by molar-refractivity contribution is 5.98. The highest BCUT2D eigenvalue weighted by atomic mass is 16.4. The fraction of sp³-hybridized carbons (Fsp3) is 0.429. The van der Waals surface area contributed by atoms with Gasteiger partial charge >= 0.3 is 5.76 Å². The molecule has 19 heavy (non-hydrogen) atoms. The van der Waals surface area contributed by atoms with Crippen molar-refractivity contribution in [3.05, 3.63) is 28.7 Å². The van der Waals surface area contributed by atoms with Crippen LogP contribution in [-0.2, 0) is 4.79 Å². The number of hydrogen-bond acceptors (Lipinski definition) is 3. The predicted octanol–water partition coefficient (Wildman–Crippen LogP) is 3.03. The summed E-state index contributed by atoms with van der Waals surface area (Å²) in [6.45, 7) is 2.13. The Morgan fingerprint density at radius 2 is 2.16 bits per heavy atom. The van der Waals surface area contributed by atoms with Gasteiger partial charge in [-0.2, -0.15) is 0 Å². The molecule has 2 N–H and O–H groups in total. The van der Waals surface area contributed by atoms with Crippen LogP contribution in [0.5, 0.6) is 0 Å². The fourth-order valence-electron chi connectivity index (χ4n) is 2.00. The molecule has 0 unspecified atom stereocenters. The Morgan fingerprint density at radius 3 is 2.95 bits per heavy atom. The van der Waals surface area contributed by atoms with Gasteiger partial charge in [-0.3, -0.25) is 9.78 Å². The van der Waals surface area contributed by atoms with Crippen LogP contribution in [0.15, 0.2) is 27.4 Å². The summed E-state index contributed by atoms with van der Waals surface area (Å²) >= 11 is 0. The first-order valence-corrected chi connectivity index (χ1v) is 6.62. The van der Waals surface area contributed by atoms with E-state index in [9.17, 15) is 9.59 Å². The molecular weight excluding hydrogens is 244 g/mol. The molecule has 0 aliphatic heterocycles. The van der Waals surface area contributed by atoms with E-state index in [1.807, 2.05) is 0 Å². The Balaban J connectivity index is 2.00. The van der Waals surface area contributed by atoms with Crippen molar-refractivity contribution in [2.24, 2.45) is 0 Å². The third-order valence-corrected chi connectivity index (χ3v) is 2.99. The van der Waals surface area contributed by atoms with Crippen LogP contribution in [0.1, 0.15) is 39.0 Å². The minimum absolute atomic E-state index is 0.0364. The molecule has 2 rings (SSSR count). The van der Waals surface area contributed by atoms with Crippen LogP contribution in [0.3, 0.4) is 0 Å². The maximum absolute atomic E-state index is 11.8. The largest absolute Gasteiger partial charge is 0.417 e. The number of unbranched alkanes of at least 4 members (excludes halogenated alkanes) is 3. The Labute approximate surface area is 111 Å². The van der Waals surface area contributed by atoms with Crippen LogP contribution in [0, 0.1) is 0 Å². The Hall–Kier alpha value is -2.04. The summed E-state index contributed by atoms with van der Waals surface area (Å²) in [5, 5.41) is 2.81. The first-order chi connectivity index (χ1) is 9.20. The van der Waals surface area contributed by atoms with E-state index in [1.165, 1.54) is 0 Å². The van der Waals surface area contributed by atoms with Crippen LogP contribution < -0.4 is 11.1 Å². The first-order valence-electron chi connectivity index (χ1n) is 6.62. The highest BCUT2D eigenvalue weighted by Gasteiger charge is 2.08. The van der Waals surface area contributed by atoms with Crippen molar-refractivity contribution < 1.29 is 9.21 Å². The third kappa shape index (κ3) is 3.47. The standard InChI is InChI=1S/C14H18N2O3/c1-2-3-4-5-9-12(17)15-10-7-6-8-11-13(10)16-14(18)19-11/h6-8H,2-5,9H2,1H3,(H,15,17)(H,16,18). The number of aromatic amines is 1. The van der Waals surface area contributed by atoms with Gasteiger partial charge in [0, 0.05) is 6.42 Å². The van der Waals surface area contributed by atoms with Crippen molar-refractivity contribution >= 4 is 22.7 Å². The summed E-state index contributed by atoms with van der Waals surface area (Å²) in [5.41, 5.74) is 1.58. The van der Waals surface area contributed by atoms with Gasteiger partial charge < -0.3 is 9.73 Å². The number of aromatic nitrogens is 1. The second-order valence-electron chi connectivity index (χ2n) is 4.55. The second-order valence-corrected chi connectivity index (χ2v) is 4.55. The predicted molar refractivity (Wildman–Crippen MR) is 74.2 cm³/mol. The van der Waals surface area contributed by atoms with Crippen molar-refractivity contribution in [3.63, 3.8) is 0 Å². The molecule has 1 aromatic heterocycles. The molecule has 1 aromatic carbocycles. The van der Waals surface area contributed by atoms with Crippen LogP contribution >= 0.6 is 0 Å². The van der Waals surface area contributed by atoms with Gasteiger partial charge in [-0.1, -0.05) is 32.3 Å². The lowest BCUT2D eigenvalue weighted by atomic mass is 10.1. The van der Waals surface area contributed by atoms with E-state index in [2.05, 4.69) is 17.2 Å². The fourth-order valence-corrected chi connectivity index (χ4v) is 2.00. The number of para-hydroxylation sites is 1. The van der Waals surface area contributed by atoms with Crippen molar-refractivity contribution in [1.29, 1.82) is 0 Å². The monoisotopic (exact) mass is 262 g/mol. The summed E-state index contributed by atoms with van der Waals surface area (Å²) in [5.74, 6) is -0.551. The number of fused-ring (bicyclic) bond motifs is 1. The van der Waals surface area contributed by atoms with Gasteiger partial charge in [-0.15, -0.1) is 0 Å². The van der Waals surface area contributed by atoms with Crippen LogP contribution in [0.4, 0.5) is 5.69 Å². The lowest BCUT2D eigenvalue weighted by Gasteiger charge is -2.05. The molecule has 0 atom stereocenters. The molecule has 102 valence electrons. The molecule has 0 radical (unpaired) electrons. The topological polar surface area (TPSA) is 75.1 Å². The maximum Gasteiger partial charge on any atom is 0.417 e. The molecule has 0 saturated heterocycles. The molecule has 2 aromatic rings. The molecule has 0 fully saturated rings. The zero-order valence-corrected chi connectivity index (χ0v) is 11.0. The van der Waals surface area contributed by atoms with Gasteiger partial charge in [-0.05, 0) is 18.6 Å². The highest BCUT2D eigenvalue weighted by Crippen LogP contribution is 2.20. The average molecular weight is 262 g/mol. The smallest absolute Gasteiger partial charge is 0.408 e. The average Bonchev–Trinajstić information content (AvgIpc) is 2.76. The number of amides is 1. The van der Waals surface area contributed by atoms with Crippen molar-refractivity contribution in [3.8, 4) is 0 Å².